The van der Waals surface area contributed by atoms with Gasteiger partial charge < -0.3 is 5.32 Å². The maximum Gasteiger partial charge on any atom is 0.265 e. The van der Waals surface area contributed by atoms with Crippen LogP contribution in [0.4, 0.5) is 11.5 Å². The number of benzene rings is 1. The maximum atomic E-state index is 12.6. The Hall–Kier alpha value is -1.73. The smallest absolute Gasteiger partial charge is 0.265 e. The van der Waals surface area contributed by atoms with E-state index in [1.54, 1.807) is 24.4 Å². The van der Waals surface area contributed by atoms with Gasteiger partial charge in [0.15, 0.2) is 0 Å². The highest BCUT2D eigenvalue weighted by atomic mass is 32.2. The van der Waals surface area contributed by atoms with Crippen molar-refractivity contribution in [3.8, 4) is 0 Å². The summed E-state index contributed by atoms with van der Waals surface area (Å²) in [5.74, 6) is 0.356. The van der Waals surface area contributed by atoms with E-state index in [0.717, 1.165) is 4.90 Å². The van der Waals surface area contributed by atoms with Crippen molar-refractivity contribution in [1.82, 2.24) is 4.98 Å². The quantitative estimate of drug-likeness (QED) is 0.800. The molecule has 0 aliphatic rings. The topological polar surface area (TPSA) is 71.1 Å². The van der Waals surface area contributed by atoms with Crippen LogP contribution in [-0.4, -0.2) is 26.2 Å². The molecule has 5 nitrogen and oxygen atoms in total. The van der Waals surface area contributed by atoms with Gasteiger partial charge in [0.2, 0.25) is 0 Å². The van der Waals surface area contributed by atoms with E-state index < -0.39 is 10.0 Å². The van der Waals surface area contributed by atoms with E-state index in [1.165, 1.54) is 17.8 Å². The highest BCUT2D eigenvalue weighted by Gasteiger charge is 2.20. The number of hydrogen-bond donors (Lipinski definition) is 2. The van der Waals surface area contributed by atoms with E-state index in [1.807, 2.05) is 25.3 Å². The third-order valence-corrected chi connectivity index (χ3v) is 4.95. The zero-order valence-electron chi connectivity index (χ0n) is 11.8. The minimum absolute atomic E-state index is 0.141. The third kappa shape index (κ3) is 3.68. The number of aromatic nitrogens is 1. The Kier molecular flexibility index (Phi) is 5.08. The van der Waals surface area contributed by atoms with Gasteiger partial charge in [0.1, 0.15) is 10.7 Å². The van der Waals surface area contributed by atoms with Gasteiger partial charge in [0, 0.05) is 17.6 Å². The fourth-order valence-corrected chi connectivity index (χ4v) is 3.67. The Morgan fingerprint density at radius 1 is 1.19 bits per heavy atom. The minimum Gasteiger partial charge on any atom is -0.369 e. The van der Waals surface area contributed by atoms with E-state index in [-0.39, 0.29) is 4.90 Å². The fraction of sp³-hybridized carbons (Fsp3) is 0.214. The number of nitrogens with one attached hydrogen (secondary N) is 2. The van der Waals surface area contributed by atoms with Gasteiger partial charge in [-0.15, -0.1) is 11.8 Å². The Labute approximate surface area is 129 Å². The number of pyridine rings is 1. The zero-order valence-corrected chi connectivity index (χ0v) is 13.5. The van der Waals surface area contributed by atoms with E-state index >= 15 is 0 Å². The molecule has 2 aromatic rings. The Morgan fingerprint density at radius 3 is 2.67 bits per heavy atom. The van der Waals surface area contributed by atoms with Gasteiger partial charge in [-0.25, -0.2) is 13.4 Å². The van der Waals surface area contributed by atoms with Gasteiger partial charge in [0.25, 0.3) is 10.0 Å². The Balaban J connectivity index is 2.39. The van der Waals surface area contributed by atoms with Crippen molar-refractivity contribution in [3.05, 3.63) is 42.6 Å². The van der Waals surface area contributed by atoms with Gasteiger partial charge in [-0.2, -0.15) is 0 Å². The highest BCUT2D eigenvalue weighted by Crippen LogP contribution is 2.28. The summed E-state index contributed by atoms with van der Waals surface area (Å²) in [6, 6.07) is 10.4. The van der Waals surface area contributed by atoms with Gasteiger partial charge in [0.05, 0.1) is 5.69 Å². The molecule has 0 aliphatic heterocycles. The van der Waals surface area contributed by atoms with Gasteiger partial charge in [-0.1, -0.05) is 12.1 Å². The van der Waals surface area contributed by atoms with Crippen molar-refractivity contribution in [2.75, 3.05) is 22.8 Å². The molecule has 0 atom stereocenters. The molecule has 0 fully saturated rings. The Morgan fingerprint density at radius 2 is 1.95 bits per heavy atom. The van der Waals surface area contributed by atoms with Crippen LogP contribution in [0.25, 0.3) is 0 Å². The molecule has 7 heteroatoms. The van der Waals surface area contributed by atoms with Crippen LogP contribution >= 0.6 is 11.8 Å². The first kappa shape index (κ1) is 15.7. The molecule has 21 heavy (non-hydrogen) atoms. The standard InChI is InChI=1S/C14H17N3O2S2/c1-3-15-14-13(9-6-10-16-14)21(18,19)17-11-7-4-5-8-12(11)20-2/h4-10,17H,3H2,1-2H3,(H,15,16). The van der Waals surface area contributed by atoms with E-state index in [2.05, 4.69) is 15.0 Å². The number of nitrogens with zero attached hydrogens (tertiary/aromatic N) is 1. The molecule has 0 bridgehead atoms. The summed E-state index contributed by atoms with van der Waals surface area (Å²) in [6.45, 7) is 2.49. The van der Waals surface area contributed by atoms with Crippen molar-refractivity contribution in [2.45, 2.75) is 16.7 Å². The van der Waals surface area contributed by atoms with Crippen LogP contribution in [0.1, 0.15) is 6.92 Å². The summed E-state index contributed by atoms with van der Waals surface area (Å²) in [5.41, 5.74) is 0.566. The average molecular weight is 323 g/mol. The lowest BCUT2D eigenvalue weighted by atomic mass is 10.3. The predicted octanol–water partition coefficient (Wildman–Crippen LogP) is 3.04. The molecular formula is C14H17N3O2S2. The second kappa shape index (κ2) is 6.82. The van der Waals surface area contributed by atoms with E-state index in [4.69, 9.17) is 0 Å². The van der Waals surface area contributed by atoms with Gasteiger partial charge >= 0.3 is 0 Å². The van der Waals surface area contributed by atoms with Crippen molar-refractivity contribution in [2.24, 2.45) is 0 Å². The summed E-state index contributed by atoms with van der Waals surface area (Å²) in [5, 5.41) is 2.96. The lowest BCUT2D eigenvalue weighted by Gasteiger charge is -2.13. The van der Waals surface area contributed by atoms with E-state index in [9.17, 15) is 8.42 Å². The molecule has 0 saturated heterocycles. The average Bonchev–Trinajstić information content (AvgIpc) is 2.48. The van der Waals surface area contributed by atoms with Crippen LogP contribution in [0, 0.1) is 0 Å². The molecule has 0 aliphatic carbocycles. The number of sulfonamides is 1. The molecule has 1 aromatic carbocycles. The monoisotopic (exact) mass is 323 g/mol. The summed E-state index contributed by atoms with van der Waals surface area (Å²) < 4.78 is 27.8. The third-order valence-electron chi connectivity index (χ3n) is 2.76. The Bertz CT molecular complexity index is 718. The van der Waals surface area contributed by atoms with Crippen molar-refractivity contribution < 1.29 is 8.42 Å². The molecule has 2 rings (SSSR count). The van der Waals surface area contributed by atoms with Crippen LogP contribution < -0.4 is 10.0 Å². The highest BCUT2D eigenvalue weighted by molar-refractivity contribution is 7.99. The molecule has 2 N–H and O–H groups in total. The molecular weight excluding hydrogens is 306 g/mol. The van der Waals surface area contributed by atoms with Crippen LogP contribution in [0.15, 0.2) is 52.4 Å². The molecule has 0 saturated carbocycles. The van der Waals surface area contributed by atoms with Gasteiger partial charge in [-0.05, 0) is 37.4 Å². The first-order valence-corrected chi connectivity index (χ1v) is 9.14. The summed E-state index contributed by atoms with van der Waals surface area (Å²) >= 11 is 1.49. The molecule has 1 aromatic heterocycles. The number of thioether (sulfide) groups is 1. The predicted molar refractivity (Wildman–Crippen MR) is 87.4 cm³/mol. The number of anilines is 2. The SMILES string of the molecule is CCNc1ncccc1S(=O)(=O)Nc1ccccc1SC. The van der Waals surface area contributed by atoms with Crippen molar-refractivity contribution in [3.63, 3.8) is 0 Å². The van der Waals surface area contributed by atoms with E-state index in [0.29, 0.717) is 18.1 Å². The second-order valence-electron chi connectivity index (χ2n) is 4.19. The molecule has 0 spiro atoms. The van der Waals surface area contributed by atoms with Crippen LogP contribution in [0.3, 0.4) is 0 Å². The first-order valence-electron chi connectivity index (χ1n) is 6.43. The molecule has 0 radical (unpaired) electrons. The minimum atomic E-state index is -3.69. The summed E-state index contributed by atoms with van der Waals surface area (Å²) in [7, 11) is -3.69. The van der Waals surface area contributed by atoms with Gasteiger partial charge in [-0.3, -0.25) is 4.72 Å². The largest absolute Gasteiger partial charge is 0.369 e. The second-order valence-corrected chi connectivity index (χ2v) is 6.69. The number of para-hydroxylation sites is 1. The van der Waals surface area contributed by atoms with Crippen LogP contribution in [0.2, 0.25) is 0 Å². The van der Waals surface area contributed by atoms with Crippen LogP contribution in [-0.2, 0) is 10.0 Å². The lowest BCUT2D eigenvalue weighted by Crippen LogP contribution is -2.16. The van der Waals surface area contributed by atoms with Crippen molar-refractivity contribution in [1.29, 1.82) is 0 Å². The maximum absolute atomic E-state index is 12.6. The number of rotatable bonds is 6. The molecule has 112 valence electrons. The van der Waals surface area contributed by atoms with Crippen molar-refractivity contribution >= 4 is 33.3 Å². The molecule has 0 unspecified atom stereocenters. The number of hydrogen-bond acceptors (Lipinski definition) is 5. The fourth-order valence-electron chi connectivity index (χ4n) is 1.84. The first-order chi connectivity index (χ1) is 10.1. The zero-order chi connectivity index (χ0) is 15.3. The molecule has 0 amide bonds. The molecule has 1 heterocycles. The summed E-state index contributed by atoms with van der Waals surface area (Å²) in [4.78, 5) is 5.10. The normalized spacial score (nSPS) is 11.1. The summed E-state index contributed by atoms with van der Waals surface area (Å²) in [6.07, 6.45) is 3.47. The lowest BCUT2D eigenvalue weighted by molar-refractivity contribution is 0.601. The van der Waals surface area contributed by atoms with Crippen LogP contribution in [0.5, 0.6) is 0 Å².